The van der Waals surface area contributed by atoms with Crippen molar-refractivity contribution in [3.63, 3.8) is 0 Å². The SMILES string of the molecule is [2H]C([2H])([2H])c1cccc(C([2H])([2H])[2H])c1-c1cc(-c2ccc3oc4ccccc4c3c2)c2c(c1)-c1cc3c(cc1-c1ccccc1-c1cc(-c4ccc5oc6ccccc6c5c4)cc4c1[n+]-2[c-]n4-c1cccc(Oc2ccc4c5ccccc5n(-c5cc(C(C)(C)C)ccn5)c4c2)c1)C(C)(C)CCC3(C)C. The zero-order chi connectivity index (χ0) is 72.0. The van der Waals surface area contributed by atoms with Gasteiger partial charge in [-0.3, -0.25) is 13.7 Å². The molecule has 0 spiro atoms. The largest absolute Gasteiger partial charge is 0.458 e. The van der Waals surface area contributed by atoms with Crippen LogP contribution in [0.1, 0.15) is 97.3 Å². The molecule has 0 amide bonds. The molecule has 99 heavy (non-hydrogen) atoms. The lowest BCUT2D eigenvalue weighted by molar-refractivity contribution is -0.570. The van der Waals surface area contributed by atoms with Crippen molar-refractivity contribution in [3.05, 3.63) is 283 Å². The van der Waals surface area contributed by atoms with E-state index >= 15 is 0 Å². The monoisotopic (exact) mass is 1290 g/mol. The molecule has 7 nitrogen and oxygen atoms in total. The molecule has 7 heteroatoms. The minimum atomic E-state index is -2.71. The summed E-state index contributed by atoms with van der Waals surface area (Å²) in [6.07, 6.45) is 7.93. The topological polar surface area (TPSA) is 62.1 Å². The molecule has 0 atom stereocenters. The van der Waals surface area contributed by atoms with Crippen LogP contribution in [0.25, 0.3) is 161 Å². The lowest BCUT2D eigenvalue weighted by Crippen LogP contribution is -2.34. The van der Waals surface area contributed by atoms with E-state index in [0.717, 1.165) is 151 Å². The second kappa shape index (κ2) is 21.5. The smallest absolute Gasteiger partial charge is 0.269 e. The number of imidazole rings is 1. The molecule has 2 aliphatic rings. The van der Waals surface area contributed by atoms with Gasteiger partial charge in [-0.25, -0.2) is 4.98 Å². The van der Waals surface area contributed by atoms with Crippen LogP contribution in [0.4, 0.5) is 0 Å². The first kappa shape index (κ1) is 52.6. The van der Waals surface area contributed by atoms with E-state index in [-0.39, 0.29) is 32.9 Å². The molecule has 17 aromatic rings. The van der Waals surface area contributed by atoms with Crippen molar-refractivity contribution in [3.8, 4) is 95.5 Å². The Hall–Kier alpha value is -11.5. The molecule has 1 aliphatic heterocycles. The standard InChI is InChI=1S/C92H72N4O3/c1-54-20-18-21-55(2)87(54)59-45-70(57-33-37-85-74(43-57)69-28-14-17-31-83(69)99-85)88-76(46-59)72-52-78-77(91(6,7)39-40-92(78,8)9)51-71(72)64-24-10-11-25-65(64)75-44-58(56-32-36-84-73(42-56)68-27-13-16-30-82(68)98-84)47-81-89(75)95(88)53-94(81)61-22-19-23-62(49-61)97-63-34-35-67-66-26-12-15-29-79(66)96(80(67)50-63)86-48-60(38-41-93-86)90(3,4)5/h10-38,41-52H,39-40H2,1-9H3/i1D3,2D3. The van der Waals surface area contributed by atoms with Gasteiger partial charge in [-0.2, -0.15) is 0 Å². The van der Waals surface area contributed by atoms with Crippen LogP contribution in [-0.2, 0) is 16.2 Å². The lowest BCUT2D eigenvalue weighted by atomic mass is 9.62. The van der Waals surface area contributed by atoms with Crippen molar-refractivity contribution >= 4 is 76.7 Å². The van der Waals surface area contributed by atoms with Crippen LogP contribution in [0, 0.1) is 20.0 Å². The molecule has 0 saturated carbocycles. The summed E-state index contributed by atoms with van der Waals surface area (Å²) in [6, 6.07) is 83.0. The Labute approximate surface area is 583 Å². The number of hydrogen-bond acceptors (Lipinski definition) is 4. The third kappa shape index (κ3) is 9.23. The predicted octanol–water partition coefficient (Wildman–Crippen LogP) is 24.4. The average Bonchev–Trinajstić information content (AvgIpc) is 1.55. The molecule has 5 aromatic heterocycles. The average molecular weight is 1290 g/mol. The van der Waals surface area contributed by atoms with E-state index in [1.165, 1.54) is 16.7 Å². The van der Waals surface area contributed by atoms with Crippen LogP contribution in [-0.4, -0.2) is 14.1 Å². The first-order chi connectivity index (χ1) is 50.4. The molecule has 1 aliphatic carbocycles. The molecular weight excluding hydrogens is 1210 g/mol. The number of pyridine rings is 1. The Bertz CT molecular complexity index is 6510. The zero-order valence-corrected chi connectivity index (χ0v) is 56.1. The van der Waals surface area contributed by atoms with Gasteiger partial charge in [0.05, 0.1) is 33.4 Å². The summed E-state index contributed by atoms with van der Waals surface area (Å²) in [5, 5.41) is 6.02. The van der Waals surface area contributed by atoms with Crippen LogP contribution in [0.5, 0.6) is 11.5 Å². The van der Waals surface area contributed by atoms with Crippen molar-refractivity contribution in [1.29, 1.82) is 0 Å². The van der Waals surface area contributed by atoms with Crippen LogP contribution in [0.2, 0.25) is 0 Å². The summed E-state index contributed by atoms with van der Waals surface area (Å²) in [5.41, 5.74) is 20.7. The van der Waals surface area contributed by atoms with E-state index in [9.17, 15) is 8.22 Å². The second-order valence-electron chi connectivity index (χ2n) is 29.5. The van der Waals surface area contributed by atoms with Gasteiger partial charge in [-0.15, -0.1) is 0 Å². The van der Waals surface area contributed by atoms with Crippen molar-refractivity contribution < 1.29 is 26.4 Å². The Morgan fingerprint density at radius 1 is 0.455 bits per heavy atom. The van der Waals surface area contributed by atoms with Gasteiger partial charge in [0.25, 0.3) is 6.33 Å². The fourth-order valence-corrected chi connectivity index (χ4v) is 16.2. The number of nitrogens with zero attached hydrogens (tertiary/aromatic N) is 4. The van der Waals surface area contributed by atoms with E-state index in [2.05, 4.69) is 232 Å². The quantitative estimate of drug-likeness (QED) is 0.118. The lowest BCUT2D eigenvalue weighted by Gasteiger charge is -2.42. The van der Waals surface area contributed by atoms with Gasteiger partial charge in [0.2, 0.25) is 0 Å². The molecule has 0 saturated heterocycles. The van der Waals surface area contributed by atoms with Gasteiger partial charge in [-0.05, 0) is 247 Å². The summed E-state index contributed by atoms with van der Waals surface area (Å²) in [6.45, 7) is 10.6. The number of rotatable bonds is 7. The summed E-state index contributed by atoms with van der Waals surface area (Å²) < 4.78 is 81.9. The van der Waals surface area contributed by atoms with Crippen molar-refractivity contribution in [2.75, 3.05) is 0 Å². The van der Waals surface area contributed by atoms with Gasteiger partial charge in [0.15, 0.2) is 0 Å². The molecule has 6 heterocycles. The molecule has 19 rings (SSSR count). The Morgan fingerprint density at radius 2 is 1.04 bits per heavy atom. The third-order valence-corrected chi connectivity index (χ3v) is 21.4. The molecule has 0 bridgehead atoms. The molecular formula is C92H72N4O3. The van der Waals surface area contributed by atoms with E-state index in [4.69, 9.17) is 18.6 Å². The Morgan fingerprint density at radius 3 is 1.75 bits per heavy atom. The third-order valence-electron chi connectivity index (χ3n) is 21.4. The fourth-order valence-electron chi connectivity index (χ4n) is 16.2. The number of ether oxygens (including phenoxy) is 1. The summed E-state index contributed by atoms with van der Waals surface area (Å²) in [7, 11) is 0. The minimum Gasteiger partial charge on any atom is -0.458 e. The summed E-state index contributed by atoms with van der Waals surface area (Å²) >= 11 is 0. The number of para-hydroxylation sites is 3. The highest BCUT2D eigenvalue weighted by Gasteiger charge is 2.39. The van der Waals surface area contributed by atoms with E-state index in [0.29, 0.717) is 28.2 Å². The maximum Gasteiger partial charge on any atom is 0.269 e. The Balaban J connectivity index is 0.934. The number of aryl methyl sites for hydroxylation is 2. The maximum absolute atomic E-state index is 9.19. The molecule has 0 N–H and O–H groups in total. The molecule has 0 radical (unpaired) electrons. The number of hydrogen-bond donors (Lipinski definition) is 0. The number of furan rings is 2. The van der Waals surface area contributed by atoms with Gasteiger partial charge in [0, 0.05) is 52.8 Å². The molecule has 478 valence electrons. The van der Waals surface area contributed by atoms with Crippen LogP contribution < -0.4 is 9.30 Å². The van der Waals surface area contributed by atoms with Crippen LogP contribution in [0.15, 0.2) is 258 Å². The second-order valence-corrected chi connectivity index (χ2v) is 29.5. The highest BCUT2D eigenvalue weighted by Crippen LogP contribution is 2.54. The summed E-state index contributed by atoms with van der Waals surface area (Å²) in [4.78, 5) is 4.98. The van der Waals surface area contributed by atoms with E-state index in [1.54, 1.807) is 18.2 Å². The molecule has 0 unspecified atom stereocenters. The first-order valence-corrected chi connectivity index (χ1v) is 34.2. The number of benzene rings is 12. The highest BCUT2D eigenvalue weighted by atomic mass is 16.5. The molecule has 12 aromatic carbocycles. The summed E-state index contributed by atoms with van der Waals surface area (Å²) in [5.74, 6) is 2.06. The number of aromatic nitrogens is 4. The first-order valence-electron chi connectivity index (χ1n) is 37.2. The number of fused-ring (bicyclic) bond motifs is 17. The zero-order valence-electron chi connectivity index (χ0n) is 62.1. The van der Waals surface area contributed by atoms with Crippen LogP contribution in [0.3, 0.4) is 0 Å². The van der Waals surface area contributed by atoms with E-state index in [1.807, 2.05) is 66.9 Å². The highest BCUT2D eigenvalue weighted by molar-refractivity contribution is 6.12. The maximum atomic E-state index is 9.19. The fraction of sp³-hybridized carbons (Fsp3) is 0.152. The van der Waals surface area contributed by atoms with Crippen molar-refractivity contribution in [2.45, 2.75) is 91.3 Å². The van der Waals surface area contributed by atoms with Gasteiger partial charge >= 0.3 is 0 Å². The van der Waals surface area contributed by atoms with Gasteiger partial charge in [0.1, 0.15) is 39.6 Å². The van der Waals surface area contributed by atoms with Gasteiger partial charge < -0.3 is 13.6 Å². The van der Waals surface area contributed by atoms with Crippen molar-refractivity contribution in [1.82, 2.24) is 14.1 Å². The molecule has 0 fully saturated rings. The Kier molecular flexibility index (Phi) is 11.4. The normalized spacial score (nSPS) is 15.1. The van der Waals surface area contributed by atoms with Crippen LogP contribution >= 0.6 is 0 Å². The van der Waals surface area contributed by atoms with E-state index < -0.39 is 13.7 Å². The van der Waals surface area contributed by atoms with Gasteiger partial charge in [-0.1, -0.05) is 176 Å². The predicted molar refractivity (Wildman–Crippen MR) is 406 cm³/mol. The minimum absolute atomic E-state index is 0.0557. The van der Waals surface area contributed by atoms with Crippen molar-refractivity contribution in [2.24, 2.45) is 0 Å².